The van der Waals surface area contributed by atoms with Crippen molar-refractivity contribution in [3.8, 4) is 5.75 Å². The Morgan fingerprint density at radius 1 is 0.833 bits per heavy atom. The summed E-state index contributed by atoms with van der Waals surface area (Å²) in [5.74, 6) is 0.341. The van der Waals surface area contributed by atoms with Gasteiger partial charge in [-0.1, -0.05) is 72.8 Å². The van der Waals surface area contributed by atoms with Crippen LogP contribution in [0.3, 0.4) is 0 Å². The number of rotatable bonds is 14. The largest absolute Gasteiger partial charge is 0.497 e. The van der Waals surface area contributed by atoms with Crippen LogP contribution in [0.5, 0.6) is 5.75 Å². The van der Waals surface area contributed by atoms with Crippen LogP contribution in [0.4, 0.5) is 0 Å². The maximum Gasteiger partial charge on any atom is 0.243 e. The van der Waals surface area contributed by atoms with Crippen LogP contribution in [-0.2, 0) is 45.7 Å². The summed E-state index contributed by atoms with van der Waals surface area (Å²) in [5.41, 5.74) is 2.36. The number of methoxy groups -OCH3 is 1. The Morgan fingerprint density at radius 3 is 2.02 bits per heavy atom. The molecule has 0 aliphatic carbocycles. The third kappa shape index (κ3) is 8.79. The van der Waals surface area contributed by atoms with Crippen molar-refractivity contribution in [2.45, 2.75) is 32.1 Å². The van der Waals surface area contributed by atoms with Crippen molar-refractivity contribution in [2.75, 3.05) is 19.9 Å². The maximum absolute atomic E-state index is 14.1. The van der Waals surface area contributed by atoms with Crippen LogP contribution in [0.1, 0.15) is 22.5 Å². The number of carbonyl (C=O) groups is 2. The van der Waals surface area contributed by atoms with Gasteiger partial charge < -0.3 is 19.4 Å². The summed E-state index contributed by atoms with van der Waals surface area (Å²) < 4.78 is 37.4. The Bertz CT molecular complexity index is 1530. The number of benzene rings is 3. The molecule has 1 aromatic heterocycles. The Hall–Kier alpha value is -4.41. The van der Waals surface area contributed by atoms with Gasteiger partial charge in [0.2, 0.25) is 21.8 Å². The fraction of sp³-hybridized carbons (Fsp3) is 0.250. The van der Waals surface area contributed by atoms with Crippen LogP contribution >= 0.6 is 0 Å². The highest BCUT2D eigenvalue weighted by Crippen LogP contribution is 2.19. The zero-order valence-electron chi connectivity index (χ0n) is 23.7. The van der Waals surface area contributed by atoms with E-state index in [-0.39, 0.29) is 32.0 Å². The topological polar surface area (TPSA) is 109 Å². The van der Waals surface area contributed by atoms with E-state index in [0.717, 1.165) is 27.3 Å². The standard InChI is InChI=1S/C32H35N3O6S/c1-40-28-17-15-27(16-18-28)23-35(31(36)24-34(42(2,38)39)22-26-12-7-4-8-13-26)30(20-25-10-5-3-6-11-25)32(37)33-21-29-14-9-19-41-29/h3-19,30H,20-24H2,1-2H3,(H,33,37)/t30-/m1/s1. The van der Waals surface area contributed by atoms with Gasteiger partial charge in [0.15, 0.2) is 0 Å². The highest BCUT2D eigenvalue weighted by Gasteiger charge is 2.33. The van der Waals surface area contributed by atoms with Crippen molar-refractivity contribution in [1.82, 2.24) is 14.5 Å². The van der Waals surface area contributed by atoms with Crippen LogP contribution in [0.25, 0.3) is 0 Å². The number of nitrogens with zero attached hydrogens (tertiary/aromatic N) is 2. The Balaban J connectivity index is 1.67. The summed E-state index contributed by atoms with van der Waals surface area (Å²) in [5, 5.41) is 2.89. The van der Waals surface area contributed by atoms with Crippen LogP contribution in [0.15, 0.2) is 108 Å². The minimum absolute atomic E-state index is 0.0236. The van der Waals surface area contributed by atoms with Gasteiger partial charge in [0, 0.05) is 19.5 Å². The number of hydrogen-bond donors (Lipinski definition) is 1. The second-order valence-electron chi connectivity index (χ2n) is 9.89. The first-order valence-electron chi connectivity index (χ1n) is 13.5. The van der Waals surface area contributed by atoms with Gasteiger partial charge in [-0.25, -0.2) is 8.42 Å². The fourth-order valence-corrected chi connectivity index (χ4v) is 5.23. The van der Waals surface area contributed by atoms with Gasteiger partial charge in [-0.2, -0.15) is 4.31 Å². The highest BCUT2D eigenvalue weighted by molar-refractivity contribution is 7.88. The zero-order chi connectivity index (χ0) is 30.0. The number of carbonyl (C=O) groups excluding carboxylic acids is 2. The normalized spacial score (nSPS) is 12.1. The van der Waals surface area contributed by atoms with Gasteiger partial charge in [0.25, 0.3) is 0 Å². The zero-order valence-corrected chi connectivity index (χ0v) is 24.5. The molecule has 0 spiro atoms. The molecule has 9 nitrogen and oxygen atoms in total. The molecule has 0 radical (unpaired) electrons. The molecule has 4 aromatic rings. The van der Waals surface area contributed by atoms with Crippen molar-refractivity contribution in [2.24, 2.45) is 0 Å². The number of sulfonamides is 1. The highest BCUT2D eigenvalue weighted by atomic mass is 32.2. The molecular formula is C32H35N3O6S. The summed E-state index contributed by atoms with van der Waals surface area (Å²) in [6.07, 6.45) is 2.83. The fourth-order valence-electron chi connectivity index (χ4n) is 4.51. The molecule has 0 unspecified atom stereocenters. The van der Waals surface area contributed by atoms with Gasteiger partial charge >= 0.3 is 0 Å². The van der Waals surface area contributed by atoms with E-state index < -0.39 is 28.5 Å². The number of ether oxygens (including phenoxy) is 1. The lowest BCUT2D eigenvalue weighted by molar-refractivity contribution is -0.141. The van der Waals surface area contributed by atoms with E-state index in [1.165, 1.54) is 11.2 Å². The Labute approximate surface area is 246 Å². The number of hydrogen-bond acceptors (Lipinski definition) is 6. The third-order valence-corrected chi connectivity index (χ3v) is 7.98. The second kappa shape index (κ2) is 14.5. The van der Waals surface area contributed by atoms with Crippen LogP contribution in [0, 0.1) is 0 Å². The average Bonchev–Trinajstić information content (AvgIpc) is 3.52. The van der Waals surface area contributed by atoms with E-state index in [1.807, 2.05) is 60.7 Å². The minimum Gasteiger partial charge on any atom is -0.497 e. The lowest BCUT2D eigenvalue weighted by atomic mass is 10.0. The molecule has 0 fully saturated rings. The molecule has 0 aliphatic heterocycles. The van der Waals surface area contributed by atoms with Gasteiger partial charge in [-0.3, -0.25) is 9.59 Å². The van der Waals surface area contributed by atoms with Crippen molar-refractivity contribution >= 4 is 21.8 Å². The van der Waals surface area contributed by atoms with Gasteiger partial charge in [-0.15, -0.1) is 0 Å². The smallest absolute Gasteiger partial charge is 0.243 e. The van der Waals surface area contributed by atoms with E-state index in [1.54, 1.807) is 43.5 Å². The molecular weight excluding hydrogens is 554 g/mol. The predicted octanol–water partition coefficient (Wildman–Crippen LogP) is 4.01. The summed E-state index contributed by atoms with van der Waals surface area (Å²) >= 11 is 0. The van der Waals surface area contributed by atoms with E-state index >= 15 is 0 Å². The van der Waals surface area contributed by atoms with Crippen molar-refractivity contribution < 1.29 is 27.2 Å². The molecule has 3 aromatic carbocycles. The van der Waals surface area contributed by atoms with E-state index in [2.05, 4.69) is 5.32 Å². The summed E-state index contributed by atoms with van der Waals surface area (Å²) in [6, 6.07) is 28.2. The van der Waals surface area contributed by atoms with Gasteiger partial charge in [0.1, 0.15) is 17.6 Å². The predicted molar refractivity (Wildman–Crippen MR) is 160 cm³/mol. The lowest BCUT2D eigenvalue weighted by Crippen LogP contribution is -2.53. The second-order valence-corrected chi connectivity index (χ2v) is 11.9. The van der Waals surface area contributed by atoms with Crippen LogP contribution < -0.4 is 10.1 Å². The molecule has 0 aliphatic rings. The van der Waals surface area contributed by atoms with Crippen molar-refractivity contribution in [1.29, 1.82) is 0 Å². The number of nitrogens with one attached hydrogen (secondary N) is 1. The van der Waals surface area contributed by atoms with Gasteiger partial charge in [-0.05, 0) is 41.0 Å². The first kappa shape index (κ1) is 30.5. The van der Waals surface area contributed by atoms with Gasteiger partial charge in [0.05, 0.1) is 32.7 Å². The number of amides is 2. The van der Waals surface area contributed by atoms with E-state index in [0.29, 0.717) is 11.5 Å². The molecule has 1 N–H and O–H groups in total. The number of furan rings is 1. The van der Waals surface area contributed by atoms with E-state index in [9.17, 15) is 18.0 Å². The summed E-state index contributed by atoms with van der Waals surface area (Å²) in [7, 11) is -2.20. The first-order valence-corrected chi connectivity index (χ1v) is 15.3. The molecule has 4 rings (SSSR count). The summed E-state index contributed by atoms with van der Waals surface area (Å²) in [4.78, 5) is 29.3. The molecule has 1 atom stereocenters. The molecule has 42 heavy (non-hydrogen) atoms. The summed E-state index contributed by atoms with van der Waals surface area (Å²) in [6.45, 7) is -0.181. The molecule has 1 heterocycles. The lowest BCUT2D eigenvalue weighted by Gasteiger charge is -2.33. The first-order chi connectivity index (χ1) is 20.2. The monoisotopic (exact) mass is 589 g/mol. The van der Waals surface area contributed by atoms with Crippen molar-refractivity contribution in [3.05, 3.63) is 126 Å². The third-order valence-electron chi connectivity index (χ3n) is 6.78. The molecule has 0 saturated carbocycles. The van der Waals surface area contributed by atoms with Crippen molar-refractivity contribution in [3.63, 3.8) is 0 Å². The maximum atomic E-state index is 14.1. The minimum atomic E-state index is -3.76. The molecule has 0 saturated heterocycles. The average molecular weight is 590 g/mol. The molecule has 10 heteroatoms. The Kier molecular flexibility index (Phi) is 10.5. The quantitative estimate of drug-likeness (QED) is 0.238. The van der Waals surface area contributed by atoms with Crippen LogP contribution in [0.2, 0.25) is 0 Å². The molecule has 220 valence electrons. The molecule has 2 amide bonds. The Morgan fingerprint density at radius 2 is 1.45 bits per heavy atom. The van der Waals surface area contributed by atoms with Crippen LogP contribution in [-0.4, -0.2) is 55.4 Å². The molecule has 0 bridgehead atoms. The van der Waals surface area contributed by atoms with E-state index in [4.69, 9.17) is 9.15 Å². The SMILES string of the molecule is COc1ccc(CN(C(=O)CN(Cc2ccccc2)S(C)(=O)=O)[C@H](Cc2ccccc2)C(=O)NCc2ccco2)cc1.